The van der Waals surface area contributed by atoms with Crippen LogP contribution in [0.2, 0.25) is 0 Å². The van der Waals surface area contributed by atoms with Gasteiger partial charge in [0, 0.05) is 25.0 Å². The number of H-pyrrole nitrogens is 1. The van der Waals surface area contributed by atoms with Crippen molar-refractivity contribution in [3.63, 3.8) is 0 Å². The Kier molecular flexibility index (Phi) is 7.85. The molecule has 2 heterocycles. The van der Waals surface area contributed by atoms with Gasteiger partial charge < -0.3 is 10.2 Å². The molecule has 5 rings (SSSR count). The molecule has 0 bridgehead atoms. The number of aryl methyl sites for hydroxylation is 2. The Morgan fingerprint density at radius 1 is 1.11 bits per heavy atom. The minimum atomic E-state index is -0.474. The summed E-state index contributed by atoms with van der Waals surface area (Å²) in [6, 6.07) is 15.2. The summed E-state index contributed by atoms with van der Waals surface area (Å²) < 4.78 is 0. The first-order chi connectivity index (χ1) is 18.5. The molecule has 0 saturated carbocycles. The number of carbonyl (C=O) groups excluding carboxylic acids is 1. The van der Waals surface area contributed by atoms with E-state index in [0.717, 1.165) is 69.4 Å². The topological polar surface area (TPSA) is 61.0 Å². The van der Waals surface area contributed by atoms with Gasteiger partial charge in [-0.1, -0.05) is 56.7 Å². The Morgan fingerprint density at radius 2 is 1.92 bits per heavy atom. The molecule has 0 radical (unpaired) electrons. The van der Waals surface area contributed by atoms with Gasteiger partial charge in [-0.3, -0.25) is 9.89 Å². The maximum atomic E-state index is 14.0. The number of fused-ring (bicyclic) bond motifs is 2. The van der Waals surface area contributed by atoms with E-state index in [1.165, 1.54) is 39.0 Å². The van der Waals surface area contributed by atoms with Gasteiger partial charge in [-0.25, -0.2) is 0 Å². The van der Waals surface area contributed by atoms with E-state index in [0.29, 0.717) is 6.54 Å². The van der Waals surface area contributed by atoms with Crippen molar-refractivity contribution in [2.75, 3.05) is 18.0 Å². The van der Waals surface area contributed by atoms with Crippen molar-refractivity contribution < 1.29 is 4.79 Å². The summed E-state index contributed by atoms with van der Waals surface area (Å²) in [6.45, 7) is 11.1. The molecule has 3 aromatic rings. The summed E-state index contributed by atoms with van der Waals surface area (Å²) in [6.07, 6.45) is 9.01. The molecule has 5 nitrogen and oxygen atoms in total. The first-order valence-corrected chi connectivity index (χ1v) is 14.5. The van der Waals surface area contributed by atoms with Crippen LogP contribution in [0.4, 0.5) is 5.69 Å². The summed E-state index contributed by atoms with van der Waals surface area (Å²) >= 11 is 0. The number of amides is 1. The van der Waals surface area contributed by atoms with E-state index in [2.05, 4.69) is 85.8 Å². The molecule has 38 heavy (non-hydrogen) atoms. The van der Waals surface area contributed by atoms with Crippen molar-refractivity contribution >= 4 is 22.7 Å². The zero-order valence-corrected chi connectivity index (χ0v) is 23.5. The molecule has 1 amide bonds. The Morgan fingerprint density at radius 3 is 2.66 bits per heavy atom. The Labute approximate surface area is 227 Å². The maximum absolute atomic E-state index is 14.0. The van der Waals surface area contributed by atoms with Crippen LogP contribution in [0.3, 0.4) is 0 Å². The molecule has 0 fully saturated rings. The van der Waals surface area contributed by atoms with Crippen LogP contribution >= 0.6 is 0 Å². The molecule has 1 aliphatic carbocycles. The number of rotatable bonds is 10. The van der Waals surface area contributed by atoms with E-state index in [9.17, 15) is 4.79 Å². The lowest BCUT2D eigenvalue weighted by Gasteiger charge is -2.28. The van der Waals surface area contributed by atoms with Crippen molar-refractivity contribution in [1.29, 1.82) is 0 Å². The van der Waals surface area contributed by atoms with Gasteiger partial charge in [0.25, 0.3) is 0 Å². The molecule has 1 aromatic heterocycles. The molecule has 1 unspecified atom stereocenters. The van der Waals surface area contributed by atoms with Gasteiger partial charge in [-0.05, 0) is 104 Å². The van der Waals surface area contributed by atoms with Crippen molar-refractivity contribution in [1.82, 2.24) is 15.5 Å². The zero-order chi connectivity index (χ0) is 26.7. The number of hydrogen-bond acceptors (Lipinski definition) is 3. The number of benzene rings is 2. The molecule has 1 aliphatic heterocycles. The van der Waals surface area contributed by atoms with E-state index in [1.54, 1.807) is 0 Å². The molecule has 2 N–H and O–H groups in total. The molecular formula is C33H42N4O. The van der Waals surface area contributed by atoms with Crippen LogP contribution in [0, 0.1) is 6.92 Å². The second-order valence-electron chi connectivity index (χ2n) is 10.9. The van der Waals surface area contributed by atoms with E-state index in [4.69, 9.17) is 0 Å². The van der Waals surface area contributed by atoms with E-state index in [1.807, 2.05) is 11.0 Å². The number of carbonyl (C=O) groups is 1. The fraction of sp³-hybridized carbons (Fsp3) is 0.455. The molecular weight excluding hydrogens is 468 g/mol. The summed E-state index contributed by atoms with van der Waals surface area (Å²) in [4.78, 5) is 16.1. The zero-order valence-electron chi connectivity index (χ0n) is 23.5. The minimum Gasteiger partial charge on any atom is -0.313 e. The summed E-state index contributed by atoms with van der Waals surface area (Å²) in [5, 5.41) is 11.4. The second-order valence-corrected chi connectivity index (χ2v) is 10.9. The summed E-state index contributed by atoms with van der Waals surface area (Å²) in [5.41, 5.74) is 11.0. The molecule has 0 saturated heterocycles. The van der Waals surface area contributed by atoms with Gasteiger partial charge in [-0.15, -0.1) is 0 Å². The van der Waals surface area contributed by atoms with Gasteiger partial charge in [0.2, 0.25) is 5.91 Å². The Bertz CT molecular complexity index is 1320. The normalized spacial score (nSPS) is 19.1. The van der Waals surface area contributed by atoms with Crippen LogP contribution in [-0.4, -0.2) is 29.2 Å². The van der Waals surface area contributed by atoms with Crippen molar-refractivity contribution in [2.24, 2.45) is 0 Å². The van der Waals surface area contributed by atoms with E-state index in [-0.39, 0.29) is 5.91 Å². The highest BCUT2D eigenvalue weighted by molar-refractivity contribution is 6.09. The third kappa shape index (κ3) is 4.62. The van der Waals surface area contributed by atoms with Gasteiger partial charge in [-0.2, -0.15) is 5.10 Å². The van der Waals surface area contributed by atoms with Gasteiger partial charge in [0.1, 0.15) is 0 Å². The third-order valence-electron chi connectivity index (χ3n) is 8.69. The standard InChI is InChI=1S/C33H42N4O/c1-5-12-27-26(16-11-15-25-22-35-36-31(25)27)28-20-30-29(19-23(28)4)33(6-2,32(38)37(30)7-3)17-18-34-21-24-13-9-8-10-14-24/h8-10,13-14,19-20,22,34H,5-7,11-12,15-18,21H2,1-4H3,(H,35,36). The molecule has 2 aliphatic rings. The highest BCUT2D eigenvalue weighted by Gasteiger charge is 2.49. The molecule has 2 aromatic carbocycles. The monoisotopic (exact) mass is 510 g/mol. The predicted molar refractivity (Wildman–Crippen MR) is 157 cm³/mol. The van der Waals surface area contributed by atoms with Crippen LogP contribution in [0.5, 0.6) is 0 Å². The van der Waals surface area contributed by atoms with Crippen molar-refractivity contribution in [3.05, 3.63) is 82.2 Å². The Hall–Kier alpha value is -3.18. The third-order valence-corrected chi connectivity index (χ3v) is 8.69. The Balaban J connectivity index is 1.51. The first kappa shape index (κ1) is 26.4. The fourth-order valence-electron chi connectivity index (χ4n) is 6.65. The lowest BCUT2D eigenvalue weighted by Crippen LogP contribution is -2.41. The fourth-order valence-corrected chi connectivity index (χ4v) is 6.65. The number of nitrogens with zero attached hydrogens (tertiary/aromatic N) is 2. The van der Waals surface area contributed by atoms with Crippen molar-refractivity contribution in [3.8, 4) is 0 Å². The lowest BCUT2D eigenvalue weighted by atomic mass is 9.75. The van der Waals surface area contributed by atoms with Gasteiger partial charge in [0.05, 0.1) is 11.1 Å². The molecule has 0 spiro atoms. The largest absolute Gasteiger partial charge is 0.313 e. The number of hydrogen-bond donors (Lipinski definition) is 2. The SMILES string of the molecule is CCCC1=C(c2cc3c(cc2C)C(CC)(CCNCc2ccccc2)C(=O)N3CC)CCCc2c[nH]nc21. The van der Waals surface area contributed by atoms with Gasteiger partial charge in [0.15, 0.2) is 0 Å². The summed E-state index contributed by atoms with van der Waals surface area (Å²) in [7, 11) is 0. The second kappa shape index (κ2) is 11.3. The smallest absolute Gasteiger partial charge is 0.237 e. The average molecular weight is 511 g/mol. The predicted octanol–water partition coefficient (Wildman–Crippen LogP) is 6.96. The van der Waals surface area contributed by atoms with Gasteiger partial charge >= 0.3 is 0 Å². The minimum absolute atomic E-state index is 0.258. The van der Waals surface area contributed by atoms with Crippen LogP contribution in [-0.2, 0) is 23.2 Å². The lowest BCUT2D eigenvalue weighted by molar-refractivity contribution is -0.123. The van der Waals surface area contributed by atoms with E-state index >= 15 is 0 Å². The van der Waals surface area contributed by atoms with Crippen LogP contribution in [0.1, 0.15) is 92.8 Å². The van der Waals surface area contributed by atoms with E-state index < -0.39 is 5.41 Å². The van der Waals surface area contributed by atoms with Crippen LogP contribution < -0.4 is 10.2 Å². The number of nitrogens with one attached hydrogen (secondary N) is 2. The molecule has 1 atom stereocenters. The number of allylic oxidation sites excluding steroid dienone is 2. The number of aromatic nitrogens is 2. The first-order valence-electron chi connectivity index (χ1n) is 14.5. The highest BCUT2D eigenvalue weighted by Crippen LogP contribution is 2.49. The number of anilines is 1. The molecule has 200 valence electrons. The maximum Gasteiger partial charge on any atom is 0.237 e. The number of aromatic amines is 1. The summed E-state index contributed by atoms with van der Waals surface area (Å²) in [5.74, 6) is 0.258. The number of likely N-dealkylation sites (N-methyl/N-ethyl adjacent to an activating group) is 1. The average Bonchev–Trinajstić information content (AvgIpc) is 3.43. The van der Waals surface area contributed by atoms with Crippen molar-refractivity contribution in [2.45, 2.75) is 84.6 Å². The van der Waals surface area contributed by atoms with Crippen LogP contribution in [0.15, 0.2) is 48.7 Å². The molecule has 5 heteroatoms. The quantitative estimate of drug-likeness (QED) is 0.290. The highest BCUT2D eigenvalue weighted by atomic mass is 16.2. The van der Waals surface area contributed by atoms with Crippen LogP contribution in [0.25, 0.3) is 11.1 Å².